The molecule has 0 saturated heterocycles. The normalized spacial score (nSPS) is 9.69. The lowest BCUT2D eigenvalue weighted by atomic mass is 10.1. The molecule has 0 amide bonds. The summed E-state index contributed by atoms with van der Waals surface area (Å²) in [5.74, 6) is 0. The van der Waals surface area contributed by atoms with E-state index in [1.807, 2.05) is 0 Å². The van der Waals surface area contributed by atoms with Gasteiger partial charge >= 0.3 is 0 Å². The minimum atomic E-state index is -1.67. The van der Waals surface area contributed by atoms with Crippen molar-refractivity contribution in [3.05, 3.63) is 0 Å². The van der Waals surface area contributed by atoms with E-state index in [1.165, 1.54) is 32.1 Å². The van der Waals surface area contributed by atoms with Crippen LogP contribution in [0.1, 0.15) is 45.4 Å². The maximum Gasteiger partial charge on any atom is 0.198 e. The van der Waals surface area contributed by atoms with Crippen molar-refractivity contribution in [1.82, 2.24) is 0 Å². The molecule has 0 rings (SSSR count). The number of rotatable bonds is 6. The van der Waals surface area contributed by atoms with Crippen molar-refractivity contribution in [2.45, 2.75) is 45.4 Å². The fourth-order valence-corrected chi connectivity index (χ4v) is 0.892. The Balaban J connectivity index is 0. The molecule has 0 aromatic heterocycles. The van der Waals surface area contributed by atoms with Crippen LogP contribution in [-0.4, -0.2) is 16.3 Å². The third kappa shape index (κ3) is 32.2. The Morgan fingerprint density at radius 2 is 1.46 bits per heavy atom. The van der Waals surface area contributed by atoms with Gasteiger partial charge in [0.2, 0.25) is 0 Å². The summed E-state index contributed by atoms with van der Waals surface area (Å²) in [6, 6.07) is 0. The molecule has 0 unspecified atom stereocenters. The van der Waals surface area contributed by atoms with E-state index in [1.54, 1.807) is 0 Å². The Hall–Kier alpha value is 0.850. The summed E-state index contributed by atoms with van der Waals surface area (Å²) in [7, 11) is 7.36. The molecule has 5 heteroatoms. The number of hydrogen-bond donors (Lipinski definition) is 1. The monoisotopic (exact) mass is 248 g/mol. The molecule has 0 saturated carbocycles. The minimum Gasteiger partial charge on any atom is -0.582 e. The standard InChI is InChI=1S/C8H18O.Cl2OS/c1-2-3-4-5-6-7-8-9;1-4(2)3/h9H,2-8H2,1H3;. The van der Waals surface area contributed by atoms with Crippen LogP contribution in [0.4, 0.5) is 0 Å². The van der Waals surface area contributed by atoms with Crippen LogP contribution < -0.4 is 0 Å². The molecule has 0 aliphatic rings. The van der Waals surface area contributed by atoms with Gasteiger partial charge in [-0.25, -0.2) is 0 Å². The van der Waals surface area contributed by atoms with Gasteiger partial charge in [0, 0.05) is 6.61 Å². The smallest absolute Gasteiger partial charge is 0.198 e. The van der Waals surface area contributed by atoms with Gasteiger partial charge in [0.1, 0.15) is 0 Å². The van der Waals surface area contributed by atoms with Crippen molar-refractivity contribution in [2.75, 3.05) is 6.61 Å². The molecule has 82 valence electrons. The first-order chi connectivity index (χ1) is 6.15. The van der Waals surface area contributed by atoms with Crippen LogP contribution in [0.15, 0.2) is 0 Å². The molecule has 0 aliphatic heterocycles. The molecule has 0 atom stereocenters. The Kier molecular flexibility index (Phi) is 19.2. The first kappa shape index (κ1) is 16.3. The van der Waals surface area contributed by atoms with E-state index in [-0.39, 0.29) is 0 Å². The number of hydrogen-bond acceptors (Lipinski definition) is 2. The molecule has 0 spiro atoms. The molecular weight excluding hydrogens is 231 g/mol. The molecule has 0 heterocycles. The average Bonchev–Trinajstić information content (AvgIpc) is 2.03. The molecule has 2 nitrogen and oxygen atoms in total. The maximum absolute atomic E-state index is 9.09. The second kappa shape index (κ2) is 15.3. The van der Waals surface area contributed by atoms with E-state index in [9.17, 15) is 0 Å². The summed E-state index contributed by atoms with van der Waals surface area (Å²) >= 11 is 0. The van der Waals surface area contributed by atoms with Gasteiger partial charge in [-0.05, 0) is 6.42 Å². The first-order valence-corrected chi connectivity index (χ1v) is 7.30. The SMILES string of the molecule is CCCCCCCCO.[O-][S+](Cl)Cl. The van der Waals surface area contributed by atoms with Gasteiger partial charge in [-0.1, -0.05) is 39.0 Å². The van der Waals surface area contributed by atoms with E-state index < -0.39 is 9.60 Å². The molecule has 13 heavy (non-hydrogen) atoms. The van der Waals surface area contributed by atoms with Crippen LogP contribution >= 0.6 is 21.4 Å². The van der Waals surface area contributed by atoms with Crippen molar-refractivity contribution in [3.8, 4) is 0 Å². The number of aliphatic hydroxyl groups is 1. The van der Waals surface area contributed by atoms with Gasteiger partial charge in [0.15, 0.2) is 31.0 Å². The molecule has 1 N–H and O–H groups in total. The van der Waals surface area contributed by atoms with Gasteiger partial charge in [-0.15, -0.1) is 0 Å². The lowest BCUT2D eigenvalue weighted by Crippen LogP contribution is -1.82. The quantitative estimate of drug-likeness (QED) is 0.579. The molecule has 0 aromatic carbocycles. The zero-order valence-corrected chi connectivity index (χ0v) is 10.3. The molecule has 0 fully saturated rings. The number of unbranched alkanes of at least 4 members (excludes halogenated alkanes) is 5. The van der Waals surface area contributed by atoms with Crippen LogP contribution in [0.3, 0.4) is 0 Å². The fraction of sp³-hybridized carbons (Fsp3) is 1.00. The second-order valence-electron chi connectivity index (χ2n) is 2.68. The highest BCUT2D eigenvalue weighted by Crippen LogP contribution is 2.03. The van der Waals surface area contributed by atoms with Crippen molar-refractivity contribution in [1.29, 1.82) is 0 Å². The summed E-state index contributed by atoms with van der Waals surface area (Å²) in [6.07, 6.45) is 7.50. The molecule has 0 radical (unpaired) electrons. The van der Waals surface area contributed by atoms with Crippen molar-refractivity contribution in [2.24, 2.45) is 0 Å². The lowest BCUT2D eigenvalue weighted by Gasteiger charge is -1.95. The maximum atomic E-state index is 9.09. The second-order valence-corrected chi connectivity index (χ2v) is 5.20. The van der Waals surface area contributed by atoms with Crippen LogP contribution in [0.5, 0.6) is 0 Å². The fourth-order valence-electron chi connectivity index (χ4n) is 0.892. The van der Waals surface area contributed by atoms with Crippen LogP contribution in [0.2, 0.25) is 0 Å². The predicted octanol–water partition coefficient (Wildman–Crippen LogP) is 3.38. The lowest BCUT2D eigenvalue weighted by molar-refractivity contribution is 0.282. The summed E-state index contributed by atoms with van der Waals surface area (Å²) in [6.45, 7) is 2.58. The highest BCUT2D eigenvalue weighted by atomic mass is 36.0. The van der Waals surface area contributed by atoms with Crippen molar-refractivity contribution in [3.63, 3.8) is 0 Å². The molecule has 0 aliphatic carbocycles. The van der Waals surface area contributed by atoms with Crippen molar-refractivity contribution >= 4 is 31.0 Å². The predicted molar refractivity (Wildman–Crippen MR) is 60.3 cm³/mol. The highest BCUT2D eigenvalue weighted by molar-refractivity contribution is 8.31. The van der Waals surface area contributed by atoms with E-state index in [2.05, 4.69) is 28.3 Å². The third-order valence-electron chi connectivity index (χ3n) is 1.51. The Morgan fingerprint density at radius 3 is 1.85 bits per heavy atom. The highest BCUT2D eigenvalue weighted by Gasteiger charge is 1.86. The van der Waals surface area contributed by atoms with Gasteiger partial charge < -0.3 is 9.66 Å². The summed E-state index contributed by atoms with van der Waals surface area (Å²) in [5, 5.41) is 8.42. The zero-order valence-electron chi connectivity index (χ0n) is 7.97. The summed E-state index contributed by atoms with van der Waals surface area (Å²) < 4.78 is 9.09. The Bertz CT molecular complexity index is 75.8. The topological polar surface area (TPSA) is 43.3 Å². The van der Waals surface area contributed by atoms with Crippen LogP contribution in [0, 0.1) is 0 Å². The zero-order chi connectivity index (χ0) is 10.5. The van der Waals surface area contributed by atoms with E-state index in [0.717, 1.165) is 6.42 Å². The first-order valence-electron chi connectivity index (χ1n) is 4.50. The Morgan fingerprint density at radius 1 is 1.08 bits per heavy atom. The van der Waals surface area contributed by atoms with Gasteiger partial charge in [0.05, 0.1) is 0 Å². The van der Waals surface area contributed by atoms with Gasteiger partial charge in [-0.3, -0.25) is 0 Å². The summed E-state index contributed by atoms with van der Waals surface area (Å²) in [4.78, 5) is 0. The largest absolute Gasteiger partial charge is 0.582 e. The summed E-state index contributed by atoms with van der Waals surface area (Å²) in [5.41, 5.74) is 0. The molecular formula is C8H18Cl2O2S. The van der Waals surface area contributed by atoms with E-state index in [0.29, 0.717) is 6.61 Å². The van der Waals surface area contributed by atoms with Crippen LogP contribution in [0.25, 0.3) is 0 Å². The minimum absolute atomic E-state index is 0.367. The third-order valence-corrected chi connectivity index (χ3v) is 1.51. The van der Waals surface area contributed by atoms with Crippen LogP contribution in [-0.2, 0) is 9.60 Å². The number of halogens is 2. The van der Waals surface area contributed by atoms with Gasteiger partial charge in [-0.2, -0.15) is 0 Å². The molecule has 0 bridgehead atoms. The molecule has 0 aromatic rings. The van der Waals surface area contributed by atoms with E-state index in [4.69, 9.17) is 9.66 Å². The Labute approximate surface area is 92.8 Å². The van der Waals surface area contributed by atoms with E-state index >= 15 is 0 Å². The number of aliphatic hydroxyl groups excluding tert-OH is 1. The van der Waals surface area contributed by atoms with Gasteiger partial charge in [0.25, 0.3) is 0 Å². The van der Waals surface area contributed by atoms with Crippen molar-refractivity contribution < 1.29 is 9.66 Å². The average molecular weight is 249 g/mol.